The van der Waals surface area contributed by atoms with Crippen LogP contribution in [-0.2, 0) is 14.9 Å². The van der Waals surface area contributed by atoms with Gasteiger partial charge in [-0.1, -0.05) is 18.2 Å². The molecule has 0 saturated carbocycles. The Morgan fingerprint density at radius 1 is 1.20 bits per heavy atom. The van der Waals surface area contributed by atoms with Crippen LogP contribution >= 0.6 is 11.3 Å². The molecule has 2 aromatic rings. The summed E-state index contributed by atoms with van der Waals surface area (Å²) >= 11 is 1.74. The van der Waals surface area contributed by atoms with Crippen molar-refractivity contribution in [2.45, 2.75) is 18.3 Å². The van der Waals surface area contributed by atoms with Crippen LogP contribution in [0.2, 0.25) is 0 Å². The second-order valence-electron chi connectivity index (χ2n) is 6.09. The monoisotopic (exact) mass is 361 g/mol. The van der Waals surface area contributed by atoms with Gasteiger partial charge in [-0.05, 0) is 36.4 Å². The quantitative estimate of drug-likeness (QED) is 0.824. The lowest BCUT2D eigenvalue weighted by Crippen LogP contribution is -2.45. The van der Waals surface area contributed by atoms with E-state index in [1.54, 1.807) is 30.6 Å². The topological polar surface area (TPSA) is 56.8 Å². The van der Waals surface area contributed by atoms with Crippen molar-refractivity contribution in [3.63, 3.8) is 0 Å². The van der Waals surface area contributed by atoms with Crippen LogP contribution in [0, 0.1) is 0 Å². The maximum Gasteiger partial charge on any atom is 0.257 e. The Bertz CT molecular complexity index is 680. The number of hydrogen-bond donors (Lipinski definition) is 1. The van der Waals surface area contributed by atoms with Gasteiger partial charge in [0.05, 0.1) is 7.11 Å². The number of hydrogen-bond acceptors (Lipinski definition) is 5. The zero-order valence-corrected chi connectivity index (χ0v) is 15.1. The van der Waals surface area contributed by atoms with Crippen LogP contribution in [0.1, 0.15) is 17.7 Å². The number of carbonyl (C=O) groups excluding carboxylic acids is 1. The average Bonchev–Trinajstić information content (AvgIpc) is 3.21. The van der Waals surface area contributed by atoms with Gasteiger partial charge in [0.1, 0.15) is 0 Å². The summed E-state index contributed by atoms with van der Waals surface area (Å²) in [4.78, 5) is 13.6. The van der Waals surface area contributed by atoms with Gasteiger partial charge in [0, 0.05) is 30.1 Å². The Morgan fingerprint density at radius 2 is 1.96 bits per heavy atom. The average molecular weight is 361 g/mol. The van der Waals surface area contributed by atoms with E-state index in [0.717, 1.165) is 26.1 Å². The van der Waals surface area contributed by atoms with Gasteiger partial charge in [0.25, 0.3) is 5.91 Å². The second-order valence-corrected chi connectivity index (χ2v) is 7.03. The normalized spacial score (nSPS) is 16.2. The molecule has 1 aromatic carbocycles. The first-order chi connectivity index (χ1) is 12.2. The lowest BCUT2D eigenvalue weighted by molar-refractivity contribution is -0.123. The second kappa shape index (κ2) is 8.36. The Hall–Kier alpha value is -2.05. The van der Waals surface area contributed by atoms with E-state index < -0.39 is 0 Å². The third-order valence-corrected chi connectivity index (χ3v) is 5.66. The summed E-state index contributed by atoms with van der Waals surface area (Å²) in [5.41, 5.74) is -0.0352. The van der Waals surface area contributed by atoms with Gasteiger partial charge in [-0.2, -0.15) is 0 Å². The summed E-state index contributed by atoms with van der Waals surface area (Å²) < 4.78 is 16.3. The number of benzene rings is 1. The van der Waals surface area contributed by atoms with E-state index in [0.29, 0.717) is 18.0 Å². The third-order valence-electron chi connectivity index (χ3n) is 4.55. The van der Waals surface area contributed by atoms with Crippen molar-refractivity contribution < 1.29 is 19.0 Å². The fourth-order valence-electron chi connectivity index (χ4n) is 3.05. The number of amides is 1. The van der Waals surface area contributed by atoms with Gasteiger partial charge in [-0.3, -0.25) is 4.79 Å². The van der Waals surface area contributed by atoms with Gasteiger partial charge < -0.3 is 19.5 Å². The van der Waals surface area contributed by atoms with Crippen molar-refractivity contribution in [3.8, 4) is 11.5 Å². The van der Waals surface area contributed by atoms with Crippen LogP contribution in [0.15, 0.2) is 41.8 Å². The van der Waals surface area contributed by atoms with Gasteiger partial charge in [-0.15, -0.1) is 11.3 Å². The van der Waals surface area contributed by atoms with E-state index in [2.05, 4.69) is 22.8 Å². The number of nitrogens with one attached hydrogen (secondary N) is 1. The van der Waals surface area contributed by atoms with E-state index in [9.17, 15) is 4.79 Å². The van der Waals surface area contributed by atoms with E-state index in [-0.39, 0.29) is 17.9 Å². The molecule has 5 nitrogen and oxygen atoms in total. The van der Waals surface area contributed by atoms with Crippen LogP contribution in [-0.4, -0.2) is 39.4 Å². The molecule has 0 atom stereocenters. The summed E-state index contributed by atoms with van der Waals surface area (Å²) in [7, 11) is 1.58. The molecule has 1 fully saturated rings. The first kappa shape index (κ1) is 17.8. The van der Waals surface area contributed by atoms with Gasteiger partial charge in [0.15, 0.2) is 18.1 Å². The largest absolute Gasteiger partial charge is 0.493 e. The van der Waals surface area contributed by atoms with Crippen LogP contribution in [0.3, 0.4) is 0 Å². The van der Waals surface area contributed by atoms with Crippen LogP contribution in [0.25, 0.3) is 0 Å². The molecule has 6 heteroatoms. The summed E-state index contributed by atoms with van der Waals surface area (Å²) in [6.07, 6.45) is 1.84. The number of rotatable bonds is 7. The third kappa shape index (κ3) is 4.32. The lowest BCUT2D eigenvalue weighted by atomic mass is 9.78. The minimum absolute atomic E-state index is 0.0304. The van der Waals surface area contributed by atoms with Crippen LogP contribution < -0.4 is 14.8 Å². The zero-order chi connectivity index (χ0) is 17.5. The molecule has 25 heavy (non-hydrogen) atoms. The van der Waals surface area contributed by atoms with Crippen molar-refractivity contribution in [3.05, 3.63) is 46.7 Å². The molecule has 0 radical (unpaired) electrons. The molecular formula is C19H23NO4S. The molecule has 0 unspecified atom stereocenters. The minimum Gasteiger partial charge on any atom is -0.493 e. The SMILES string of the molecule is COc1ccccc1OCC(=O)NCC1(c2cccs2)CCOCC1. The van der Waals surface area contributed by atoms with Gasteiger partial charge in [0.2, 0.25) is 0 Å². The highest BCUT2D eigenvalue weighted by Crippen LogP contribution is 2.37. The highest BCUT2D eigenvalue weighted by atomic mass is 32.1. The van der Waals surface area contributed by atoms with E-state index in [4.69, 9.17) is 14.2 Å². The number of ether oxygens (including phenoxy) is 3. The smallest absolute Gasteiger partial charge is 0.257 e. The highest BCUT2D eigenvalue weighted by molar-refractivity contribution is 7.10. The molecule has 1 aliphatic rings. The molecule has 1 saturated heterocycles. The zero-order valence-electron chi connectivity index (χ0n) is 14.3. The van der Waals surface area contributed by atoms with Crippen LogP contribution in [0.4, 0.5) is 0 Å². The fraction of sp³-hybridized carbons (Fsp3) is 0.421. The Morgan fingerprint density at radius 3 is 2.64 bits per heavy atom. The van der Waals surface area contributed by atoms with Gasteiger partial charge in [-0.25, -0.2) is 0 Å². The Balaban J connectivity index is 1.57. The molecule has 3 rings (SSSR count). The molecule has 0 bridgehead atoms. The summed E-state index contributed by atoms with van der Waals surface area (Å²) in [5.74, 6) is 1.06. The number of methoxy groups -OCH3 is 1. The molecular weight excluding hydrogens is 338 g/mol. The number of para-hydroxylation sites is 2. The molecule has 0 aliphatic carbocycles. The predicted molar refractivity (Wildman–Crippen MR) is 97.5 cm³/mol. The van der Waals surface area contributed by atoms with E-state index in [1.165, 1.54) is 4.88 Å². The number of thiophene rings is 1. The Labute approximate surface area is 151 Å². The van der Waals surface area contributed by atoms with Crippen molar-refractivity contribution in [1.82, 2.24) is 5.32 Å². The maximum atomic E-state index is 12.3. The molecule has 1 amide bonds. The molecule has 1 aliphatic heterocycles. The first-order valence-electron chi connectivity index (χ1n) is 8.38. The van der Waals surface area contributed by atoms with Crippen LogP contribution in [0.5, 0.6) is 11.5 Å². The highest BCUT2D eigenvalue weighted by Gasteiger charge is 2.35. The van der Waals surface area contributed by atoms with Gasteiger partial charge >= 0.3 is 0 Å². The number of carbonyl (C=O) groups is 1. The molecule has 0 spiro atoms. The molecule has 2 heterocycles. The van der Waals surface area contributed by atoms with Crippen molar-refractivity contribution in [2.75, 3.05) is 33.5 Å². The molecule has 1 aromatic heterocycles. The maximum absolute atomic E-state index is 12.3. The lowest BCUT2D eigenvalue weighted by Gasteiger charge is -2.36. The predicted octanol–water partition coefficient (Wildman–Crippen LogP) is 3.00. The van der Waals surface area contributed by atoms with Crippen molar-refractivity contribution in [1.29, 1.82) is 0 Å². The summed E-state index contributed by atoms with van der Waals surface area (Å²) in [6, 6.07) is 11.5. The summed E-state index contributed by atoms with van der Waals surface area (Å²) in [5, 5.41) is 5.12. The minimum atomic E-state index is -0.131. The summed E-state index contributed by atoms with van der Waals surface area (Å²) in [6.45, 7) is 2.03. The first-order valence-corrected chi connectivity index (χ1v) is 9.26. The van der Waals surface area contributed by atoms with E-state index in [1.807, 2.05) is 12.1 Å². The Kier molecular flexibility index (Phi) is 5.94. The molecule has 134 valence electrons. The fourth-order valence-corrected chi connectivity index (χ4v) is 4.04. The van der Waals surface area contributed by atoms with E-state index >= 15 is 0 Å². The van der Waals surface area contributed by atoms with Crippen molar-refractivity contribution in [2.24, 2.45) is 0 Å². The van der Waals surface area contributed by atoms with Crippen molar-refractivity contribution >= 4 is 17.2 Å². The molecule has 1 N–H and O–H groups in total. The standard InChI is InChI=1S/C19H23NO4S/c1-22-15-5-2-3-6-16(15)24-13-18(21)20-14-19(8-10-23-11-9-19)17-7-4-12-25-17/h2-7,12H,8-11,13-14H2,1H3,(H,20,21).